The van der Waals surface area contributed by atoms with Crippen LogP contribution in [0.3, 0.4) is 0 Å². The third kappa shape index (κ3) is 1.89. The molecule has 1 atom stereocenters. The van der Waals surface area contributed by atoms with E-state index in [2.05, 4.69) is 10.9 Å². The van der Waals surface area contributed by atoms with Gasteiger partial charge in [-0.05, 0) is 38.0 Å². The summed E-state index contributed by atoms with van der Waals surface area (Å²) in [7, 11) is 0. The smallest absolute Gasteiger partial charge is 0.291 e. The normalized spacial score (nSPS) is 28.5. The highest BCUT2D eigenvalue weighted by atomic mass is 14.8. The van der Waals surface area contributed by atoms with Crippen LogP contribution >= 0.6 is 0 Å². The molecular formula is C11H16N2. The zero-order valence-corrected chi connectivity index (χ0v) is 8.00. The maximum absolute atomic E-state index is 8.75. The first kappa shape index (κ1) is 8.71. The van der Waals surface area contributed by atoms with Crippen molar-refractivity contribution in [3.63, 3.8) is 0 Å². The molecule has 0 bridgehead atoms. The Morgan fingerprint density at radius 2 is 2.00 bits per heavy atom. The summed E-state index contributed by atoms with van der Waals surface area (Å²) < 4.78 is 0. The Labute approximate surface area is 79.3 Å². The number of hydrogen-bond donors (Lipinski definition) is 0. The van der Waals surface area contributed by atoms with Crippen LogP contribution in [0.5, 0.6) is 0 Å². The van der Waals surface area contributed by atoms with E-state index in [4.69, 9.17) is 5.53 Å². The largest absolute Gasteiger partial charge is 0.361 e. The second kappa shape index (κ2) is 3.89. The van der Waals surface area contributed by atoms with Crippen molar-refractivity contribution in [2.75, 3.05) is 0 Å². The molecule has 0 amide bonds. The summed E-state index contributed by atoms with van der Waals surface area (Å²) in [5.74, 6) is 0.799. The van der Waals surface area contributed by atoms with E-state index in [1.165, 1.54) is 44.1 Å². The van der Waals surface area contributed by atoms with Gasteiger partial charge < -0.3 is 5.53 Å². The summed E-state index contributed by atoms with van der Waals surface area (Å²) in [6, 6.07) is 0. The average Bonchev–Trinajstić information content (AvgIpc) is 2.38. The van der Waals surface area contributed by atoms with E-state index in [0.29, 0.717) is 0 Å². The maximum atomic E-state index is 8.75. The summed E-state index contributed by atoms with van der Waals surface area (Å²) in [4.78, 5) is 3.34. The molecule has 2 aliphatic rings. The molecule has 0 aromatic rings. The fourth-order valence-electron chi connectivity index (χ4n) is 2.52. The Morgan fingerprint density at radius 1 is 1.15 bits per heavy atom. The van der Waals surface area contributed by atoms with Crippen LogP contribution in [-0.2, 0) is 0 Å². The lowest BCUT2D eigenvalue weighted by Gasteiger charge is -2.23. The van der Waals surface area contributed by atoms with Crippen molar-refractivity contribution in [3.05, 3.63) is 17.2 Å². The zero-order valence-electron chi connectivity index (χ0n) is 8.00. The van der Waals surface area contributed by atoms with E-state index in [1.807, 2.05) is 0 Å². The third-order valence-electron chi connectivity index (χ3n) is 3.26. The summed E-state index contributed by atoms with van der Waals surface area (Å²) in [6.45, 7) is 0. The highest BCUT2D eigenvalue weighted by molar-refractivity contribution is 5.91. The van der Waals surface area contributed by atoms with Gasteiger partial charge in [-0.3, -0.25) is 0 Å². The first-order valence-electron chi connectivity index (χ1n) is 5.31. The van der Waals surface area contributed by atoms with Crippen LogP contribution in [0.1, 0.15) is 44.9 Å². The lowest BCUT2D eigenvalue weighted by molar-refractivity contribution is -0.00631. The van der Waals surface area contributed by atoms with Crippen LogP contribution in [0, 0.1) is 5.92 Å². The predicted molar refractivity (Wildman–Crippen MR) is 52.5 cm³/mol. The van der Waals surface area contributed by atoms with E-state index < -0.39 is 0 Å². The van der Waals surface area contributed by atoms with E-state index in [-0.39, 0.29) is 0 Å². The van der Waals surface area contributed by atoms with Crippen molar-refractivity contribution in [1.82, 2.24) is 0 Å². The molecule has 0 aliphatic heterocycles. The first-order chi connectivity index (χ1) is 6.40. The van der Waals surface area contributed by atoms with Gasteiger partial charge in [0.1, 0.15) is 0 Å². The quantitative estimate of drug-likeness (QED) is 0.402. The van der Waals surface area contributed by atoms with Crippen molar-refractivity contribution in [3.8, 4) is 0 Å². The maximum Gasteiger partial charge on any atom is 0.291 e. The molecule has 1 fully saturated rings. The van der Waals surface area contributed by atoms with Crippen molar-refractivity contribution < 1.29 is 4.79 Å². The highest BCUT2D eigenvalue weighted by Gasteiger charge is 2.23. The number of hydrogen-bond acceptors (Lipinski definition) is 0. The molecule has 70 valence electrons. The molecule has 2 aliphatic carbocycles. The molecule has 2 heteroatoms. The van der Waals surface area contributed by atoms with Gasteiger partial charge in [0.15, 0.2) is 0 Å². The Morgan fingerprint density at radius 3 is 2.85 bits per heavy atom. The van der Waals surface area contributed by atoms with Gasteiger partial charge in [-0.2, -0.15) is 4.79 Å². The molecule has 0 heterocycles. The lowest BCUT2D eigenvalue weighted by Crippen LogP contribution is -2.08. The average molecular weight is 176 g/mol. The van der Waals surface area contributed by atoms with Crippen molar-refractivity contribution in [2.45, 2.75) is 44.9 Å². The molecule has 0 spiro atoms. The predicted octanol–water partition coefficient (Wildman–Crippen LogP) is 2.96. The van der Waals surface area contributed by atoms with Gasteiger partial charge in [0.2, 0.25) is 0 Å². The molecule has 0 radical (unpaired) electrons. The molecular weight excluding hydrogens is 160 g/mol. The number of allylic oxidation sites excluding steroid dienone is 2. The van der Waals surface area contributed by atoms with Crippen LogP contribution in [0.25, 0.3) is 5.53 Å². The summed E-state index contributed by atoms with van der Waals surface area (Å²) in [5, 5.41) is 0. The zero-order chi connectivity index (χ0) is 9.10. The summed E-state index contributed by atoms with van der Waals surface area (Å²) >= 11 is 0. The van der Waals surface area contributed by atoms with Crippen LogP contribution in [0.15, 0.2) is 11.6 Å². The molecule has 1 saturated carbocycles. The van der Waals surface area contributed by atoms with Crippen LogP contribution in [-0.4, -0.2) is 10.5 Å². The van der Waals surface area contributed by atoms with Crippen LogP contribution in [0.4, 0.5) is 0 Å². The molecule has 0 N–H and O–H groups in total. The van der Waals surface area contributed by atoms with E-state index in [9.17, 15) is 0 Å². The summed E-state index contributed by atoms with van der Waals surface area (Å²) in [5.41, 5.74) is 11.2. The monoisotopic (exact) mass is 176 g/mol. The number of rotatable bonds is 0. The van der Waals surface area contributed by atoms with Gasteiger partial charge in [0.05, 0.1) is 0 Å². The summed E-state index contributed by atoms with van der Waals surface area (Å²) in [6.07, 6.45) is 10.9. The molecule has 2 nitrogen and oxygen atoms in total. The Bertz CT molecular complexity index is 272. The van der Waals surface area contributed by atoms with E-state index >= 15 is 0 Å². The van der Waals surface area contributed by atoms with E-state index in [0.717, 1.165) is 18.1 Å². The highest BCUT2D eigenvalue weighted by Crippen LogP contribution is 2.34. The molecule has 0 aromatic heterocycles. The van der Waals surface area contributed by atoms with Gasteiger partial charge in [0, 0.05) is 12.5 Å². The van der Waals surface area contributed by atoms with Crippen molar-refractivity contribution in [2.24, 2.45) is 5.92 Å². The molecule has 13 heavy (non-hydrogen) atoms. The topological polar surface area (TPSA) is 36.4 Å². The molecule has 1 unspecified atom stereocenters. The molecule has 0 saturated heterocycles. The Kier molecular flexibility index (Phi) is 2.60. The van der Waals surface area contributed by atoms with Gasteiger partial charge >= 0.3 is 0 Å². The lowest BCUT2D eigenvalue weighted by atomic mass is 9.82. The van der Waals surface area contributed by atoms with Crippen molar-refractivity contribution in [1.29, 1.82) is 0 Å². The second-order valence-corrected chi connectivity index (χ2v) is 4.15. The fraction of sp³-hybridized carbons (Fsp3) is 0.727. The standard InChI is InChI=1S/C11H16N2/c12-13-11-7-3-6-9-4-1-2-5-10(9)8-11/h8-9H,1-7H2. The first-order valence-corrected chi connectivity index (χ1v) is 5.31. The Balaban J connectivity index is 2.22. The van der Waals surface area contributed by atoms with Crippen molar-refractivity contribution >= 4 is 5.71 Å². The second-order valence-electron chi connectivity index (χ2n) is 4.15. The minimum absolute atomic E-state index is 0.799. The minimum atomic E-state index is 0.799. The van der Waals surface area contributed by atoms with Gasteiger partial charge in [-0.15, -0.1) is 0 Å². The van der Waals surface area contributed by atoms with Gasteiger partial charge in [-0.25, -0.2) is 0 Å². The minimum Gasteiger partial charge on any atom is -0.361 e. The molecule has 0 aromatic carbocycles. The van der Waals surface area contributed by atoms with Crippen LogP contribution < -0.4 is 0 Å². The molecule has 2 rings (SSSR count). The van der Waals surface area contributed by atoms with E-state index in [1.54, 1.807) is 0 Å². The van der Waals surface area contributed by atoms with Gasteiger partial charge in [-0.1, -0.05) is 12.0 Å². The van der Waals surface area contributed by atoms with Crippen LogP contribution in [0.2, 0.25) is 0 Å². The third-order valence-corrected chi connectivity index (χ3v) is 3.26. The Hall–Kier alpha value is -0.880. The van der Waals surface area contributed by atoms with Gasteiger partial charge in [0.25, 0.3) is 5.71 Å². The SMILES string of the molecule is [N-]=[N+]=C1C=C2CCCCC2CCC1. The number of fused-ring (bicyclic) bond motifs is 1. The number of nitrogens with zero attached hydrogens (tertiary/aromatic N) is 2. The fourth-order valence-corrected chi connectivity index (χ4v) is 2.52.